The lowest BCUT2D eigenvalue weighted by molar-refractivity contribution is 0.120. The van der Waals surface area contributed by atoms with Crippen LogP contribution in [0.1, 0.15) is 11.1 Å². The average Bonchev–Trinajstić information content (AvgIpc) is 2.56. The minimum absolute atomic E-state index is 0.111. The Morgan fingerprint density at radius 2 is 1.09 bits per heavy atom. The highest BCUT2D eigenvalue weighted by Gasteiger charge is 2.18. The zero-order valence-corrected chi connectivity index (χ0v) is 12.9. The largest absolute Gasteiger partial charge is 0.395 e. The molecule has 3 nitrogen and oxygen atoms in total. The molecule has 0 heterocycles. The van der Waals surface area contributed by atoms with E-state index < -0.39 is 0 Å². The van der Waals surface area contributed by atoms with Gasteiger partial charge in [-0.2, -0.15) is 0 Å². The van der Waals surface area contributed by atoms with Crippen LogP contribution in [0, 0.1) is 0 Å². The van der Waals surface area contributed by atoms with Gasteiger partial charge in [-0.25, -0.2) is 0 Å². The molecule has 22 heavy (non-hydrogen) atoms. The molecule has 0 atom stereocenters. The zero-order chi connectivity index (χ0) is 15.6. The van der Waals surface area contributed by atoms with Crippen LogP contribution in [0.3, 0.4) is 0 Å². The SMILES string of the molecule is OCCN(CCO)C(Cc1ccccc1)Cc1ccccc1. The Kier molecular flexibility index (Phi) is 7.10. The first kappa shape index (κ1) is 16.7. The number of benzene rings is 2. The van der Waals surface area contributed by atoms with E-state index in [9.17, 15) is 10.2 Å². The van der Waals surface area contributed by atoms with Gasteiger partial charge in [-0.15, -0.1) is 0 Å². The van der Waals surface area contributed by atoms with Gasteiger partial charge in [0.2, 0.25) is 0 Å². The van der Waals surface area contributed by atoms with E-state index in [1.807, 2.05) is 12.1 Å². The molecule has 0 spiro atoms. The number of rotatable bonds is 9. The van der Waals surface area contributed by atoms with Crippen molar-refractivity contribution in [2.75, 3.05) is 26.3 Å². The number of aliphatic hydroxyl groups is 2. The molecule has 2 aromatic rings. The Balaban J connectivity index is 2.14. The summed E-state index contributed by atoms with van der Waals surface area (Å²) in [7, 11) is 0. The third kappa shape index (κ3) is 5.26. The van der Waals surface area contributed by atoms with Gasteiger partial charge in [0.1, 0.15) is 0 Å². The van der Waals surface area contributed by atoms with Gasteiger partial charge in [0.25, 0.3) is 0 Å². The lowest BCUT2D eigenvalue weighted by atomic mass is 9.97. The van der Waals surface area contributed by atoms with Crippen LogP contribution >= 0.6 is 0 Å². The Labute approximate surface area is 132 Å². The Bertz CT molecular complexity index is 468. The second-order valence-electron chi connectivity index (χ2n) is 5.52. The zero-order valence-electron chi connectivity index (χ0n) is 12.9. The summed E-state index contributed by atoms with van der Waals surface area (Å²) in [6.45, 7) is 1.40. The van der Waals surface area contributed by atoms with Crippen LogP contribution in [0.25, 0.3) is 0 Å². The molecule has 0 aromatic heterocycles. The summed E-state index contributed by atoms with van der Waals surface area (Å²) >= 11 is 0. The number of hydrogen-bond acceptors (Lipinski definition) is 3. The van der Waals surface area contributed by atoms with E-state index in [1.54, 1.807) is 0 Å². The predicted octanol–water partition coefficient (Wildman–Crippen LogP) is 2.13. The molecule has 2 rings (SSSR count). The van der Waals surface area contributed by atoms with E-state index in [2.05, 4.69) is 53.4 Å². The van der Waals surface area contributed by atoms with Gasteiger partial charge in [0.05, 0.1) is 13.2 Å². The molecule has 0 aliphatic heterocycles. The fourth-order valence-corrected chi connectivity index (χ4v) is 2.84. The maximum Gasteiger partial charge on any atom is 0.0558 e. The monoisotopic (exact) mass is 299 g/mol. The van der Waals surface area contributed by atoms with Crippen LogP contribution in [-0.2, 0) is 12.8 Å². The van der Waals surface area contributed by atoms with Crippen LogP contribution in [0.4, 0.5) is 0 Å². The normalized spacial score (nSPS) is 11.3. The van der Waals surface area contributed by atoms with Crippen molar-refractivity contribution in [3.05, 3.63) is 71.8 Å². The fraction of sp³-hybridized carbons (Fsp3) is 0.368. The maximum absolute atomic E-state index is 9.32. The smallest absolute Gasteiger partial charge is 0.0558 e. The molecule has 118 valence electrons. The molecule has 2 N–H and O–H groups in total. The van der Waals surface area contributed by atoms with Crippen molar-refractivity contribution in [1.82, 2.24) is 4.90 Å². The summed E-state index contributed by atoms with van der Waals surface area (Å²) in [6, 6.07) is 21.1. The summed E-state index contributed by atoms with van der Waals surface area (Å²) in [4.78, 5) is 2.18. The minimum atomic E-state index is 0.111. The third-order valence-corrected chi connectivity index (χ3v) is 3.92. The number of hydrogen-bond donors (Lipinski definition) is 2. The van der Waals surface area contributed by atoms with Gasteiger partial charge >= 0.3 is 0 Å². The van der Waals surface area contributed by atoms with E-state index in [0.717, 1.165) is 12.8 Å². The van der Waals surface area contributed by atoms with E-state index >= 15 is 0 Å². The van der Waals surface area contributed by atoms with Crippen LogP contribution in [0.2, 0.25) is 0 Å². The van der Waals surface area contributed by atoms with Gasteiger partial charge < -0.3 is 10.2 Å². The summed E-state index contributed by atoms with van der Waals surface area (Å²) in [5.74, 6) is 0. The first-order valence-corrected chi connectivity index (χ1v) is 7.87. The first-order valence-electron chi connectivity index (χ1n) is 7.87. The van der Waals surface area contributed by atoms with Gasteiger partial charge in [-0.1, -0.05) is 60.7 Å². The van der Waals surface area contributed by atoms with Crippen LogP contribution in [0.5, 0.6) is 0 Å². The molecular formula is C19H25NO2. The molecule has 2 aromatic carbocycles. The number of aliphatic hydroxyl groups excluding tert-OH is 2. The lowest BCUT2D eigenvalue weighted by Crippen LogP contribution is -2.42. The molecule has 0 aliphatic rings. The van der Waals surface area contributed by atoms with Crippen LogP contribution in [-0.4, -0.2) is 47.5 Å². The van der Waals surface area contributed by atoms with Crippen molar-refractivity contribution in [3.63, 3.8) is 0 Å². The number of nitrogens with zero attached hydrogens (tertiary/aromatic N) is 1. The molecular weight excluding hydrogens is 274 g/mol. The van der Waals surface area contributed by atoms with E-state index in [0.29, 0.717) is 13.1 Å². The summed E-state index contributed by atoms with van der Waals surface area (Å²) in [6.07, 6.45) is 1.82. The van der Waals surface area contributed by atoms with Crippen molar-refractivity contribution < 1.29 is 10.2 Å². The summed E-state index contributed by atoms with van der Waals surface area (Å²) < 4.78 is 0. The molecule has 0 radical (unpaired) electrons. The van der Waals surface area contributed by atoms with Crippen molar-refractivity contribution in [3.8, 4) is 0 Å². The van der Waals surface area contributed by atoms with Gasteiger partial charge in [0.15, 0.2) is 0 Å². The highest BCUT2D eigenvalue weighted by atomic mass is 16.3. The highest BCUT2D eigenvalue weighted by molar-refractivity contribution is 5.19. The Hall–Kier alpha value is -1.68. The molecule has 0 aliphatic carbocycles. The van der Waals surface area contributed by atoms with Gasteiger partial charge in [0, 0.05) is 19.1 Å². The second-order valence-corrected chi connectivity index (χ2v) is 5.52. The van der Waals surface area contributed by atoms with Crippen molar-refractivity contribution in [2.24, 2.45) is 0 Å². The fourth-order valence-electron chi connectivity index (χ4n) is 2.84. The molecule has 0 saturated heterocycles. The average molecular weight is 299 g/mol. The van der Waals surface area contributed by atoms with Crippen molar-refractivity contribution in [2.45, 2.75) is 18.9 Å². The highest BCUT2D eigenvalue weighted by Crippen LogP contribution is 2.14. The molecule has 0 amide bonds. The Morgan fingerprint density at radius 3 is 1.45 bits per heavy atom. The topological polar surface area (TPSA) is 43.7 Å². The molecule has 0 unspecified atom stereocenters. The first-order chi connectivity index (χ1) is 10.8. The Morgan fingerprint density at radius 1 is 0.682 bits per heavy atom. The standard InChI is InChI=1S/C19H25NO2/c21-13-11-20(12-14-22)19(15-17-7-3-1-4-8-17)16-18-9-5-2-6-10-18/h1-10,19,21-22H,11-16H2. The van der Waals surface area contributed by atoms with E-state index in [1.165, 1.54) is 11.1 Å². The maximum atomic E-state index is 9.32. The summed E-state index contributed by atoms with van der Waals surface area (Å²) in [5, 5.41) is 18.6. The van der Waals surface area contributed by atoms with E-state index in [-0.39, 0.29) is 19.3 Å². The minimum Gasteiger partial charge on any atom is -0.395 e. The van der Waals surface area contributed by atoms with Crippen molar-refractivity contribution >= 4 is 0 Å². The molecule has 0 bridgehead atoms. The second kappa shape index (κ2) is 9.36. The third-order valence-electron chi connectivity index (χ3n) is 3.92. The van der Waals surface area contributed by atoms with Gasteiger partial charge in [-0.05, 0) is 24.0 Å². The van der Waals surface area contributed by atoms with Gasteiger partial charge in [-0.3, -0.25) is 4.90 Å². The predicted molar refractivity (Wildman–Crippen MR) is 89.8 cm³/mol. The van der Waals surface area contributed by atoms with Crippen molar-refractivity contribution in [1.29, 1.82) is 0 Å². The molecule has 0 saturated carbocycles. The van der Waals surface area contributed by atoms with Crippen LogP contribution in [0.15, 0.2) is 60.7 Å². The lowest BCUT2D eigenvalue weighted by Gasteiger charge is -2.31. The quantitative estimate of drug-likeness (QED) is 0.745. The van der Waals surface area contributed by atoms with E-state index in [4.69, 9.17) is 0 Å². The molecule has 3 heteroatoms. The summed E-state index contributed by atoms with van der Waals surface area (Å²) in [5.41, 5.74) is 2.56. The van der Waals surface area contributed by atoms with Crippen LogP contribution < -0.4 is 0 Å². The molecule has 0 fully saturated rings.